The number of rotatable bonds is 3. The number of carbonyl (C=O) groups excluding carboxylic acids is 1. The van der Waals surface area contributed by atoms with Crippen LogP contribution in [0.3, 0.4) is 0 Å². The second-order valence-corrected chi connectivity index (χ2v) is 7.53. The highest BCUT2D eigenvalue weighted by molar-refractivity contribution is 6.75. The molecule has 0 amide bonds. The smallest absolute Gasteiger partial charge is 0.307 e. The standard InChI is InChI=1S/C7H16O3Si/c1-6(7(8)9-2)11(4,5)10-3/h6H,1-5H3. The number of hydrogen-bond donors (Lipinski definition) is 0. The molecule has 0 aromatic carbocycles. The van der Waals surface area contributed by atoms with Gasteiger partial charge >= 0.3 is 5.97 Å². The summed E-state index contributed by atoms with van der Waals surface area (Å²) in [4.78, 5) is 11.0. The summed E-state index contributed by atoms with van der Waals surface area (Å²) in [7, 11) is 1.21. The van der Waals surface area contributed by atoms with Crippen molar-refractivity contribution in [2.75, 3.05) is 14.2 Å². The Kier molecular flexibility index (Phi) is 3.75. The molecule has 0 saturated heterocycles. The van der Waals surface area contributed by atoms with E-state index < -0.39 is 8.32 Å². The fraction of sp³-hybridized carbons (Fsp3) is 0.857. The van der Waals surface area contributed by atoms with Crippen LogP contribution in [0, 0.1) is 0 Å². The fourth-order valence-corrected chi connectivity index (χ4v) is 1.68. The van der Waals surface area contributed by atoms with Crippen LogP contribution in [0.5, 0.6) is 0 Å². The number of esters is 1. The molecule has 1 unspecified atom stereocenters. The van der Waals surface area contributed by atoms with Gasteiger partial charge in [0.15, 0.2) is 8.32 Å². The summed E-state index contributed by atoms with van der Waals surface area (Å²) in [6, 6.07) is 0. The molecule has 11 heavy (non-hydrogen) atoms. The van der Waals surface area contributed by atoms with Crippen LogP contribution in [0.1, 0.15) is 6.92 Å². The van der Waals surface area contributed by atoms with Crippen molar-refractivity contribution in [3.63, 3.8) is 0 Å². The Morgan fingerprint density at radius 1 is 1.36 bits per heavy atom. The van der Waals surface area contributed by atoms with E-state index >= 15 is 0 Å². The molecule has 0 saturated carbocycles. The number of ether oxygens (including phenoxy) is 1. The molecule has 0 fully saturated rings. The highest BCUT2D eigenvalue weighted by atomic mass is 28.4. The largest absolute Gasteiger partial charge is 0.469 e. The molecule has 66 valence electrons. The van der Waals surface area contributed by atoms with Crippen molar-refractivity contribution in [3.05, 3.63) is 0 Å². The Morgan fingerprint density at radius 2 is 1.82 bits per heavy atom. The third-order valence-corrected chi connectivity index (χ3v) is 5.50. The maximum atomic E-state index is 11.0. The Labute approximate surface area is 68.8 Å². The highest BCUT2D eigenvalue weighted by Gasteiger charge is 2.35. The van der Waals surface area contributed by atoms with Crippen molar-refractivity contribution < 1.29 is 14.0 Å². The van der Waals surface area contributed by atoms with Crippen LogP contribution in [-0.4, -0.2) is 28.5 Å². The van der Waals surface area contributed by atoms with Gasteiger partial charge in [-0.05, 0) is 13.1 Å². The summed E-state index contributed by atoms with van der Waals surface area (Å²) in [5.74, 6) is -0.177. The minimum Gasteiger partial charge on any atom is -0.469 e. The quantitative estimate of drug-likeness (QED) is 0.481. The predicted molar refractivity (Wildman–Crippen MR) is 45.9 cm³/mol. The average molecular weight is 176 g/mol. The van der Waals surface area contributed by atoms with Crippen LogP contribution in [0.2, 0.25) is 18.6 Å². The monoisotopic (exact) mass is 176 g/mol. The number of carbonyl (C=O) groups is 1. The van der Waals surface area contributed by atoms with E-state index in [4.69, 9.17) is 4.43 Å². The van der Waals surface area contributed by atoms with Crippen molar-refractivity contribution in [2.24, 2.45) is 0 Å². The zero-order valence-corrected chi connectivity index (χ0v) is 8.80. The average Bonchev–Trinajstić information content (AvgIpc) is 2.01. The molecule has 0 aliphatic heterocycles. The van der Waals surface area contributed by atoms with Gasteiger partial charge in [-0.3, -0.25) is 4.79 Å². The number of methoxy groups -OCH3 is 1. The maximum absolute atomic E-state index is 11.0. The SMILES string of the molecule is COC(=O)C(C)[Si](C)(C)OC. The van der Waals surface area contributed by atoms with Crippen molar-refractivity contribution in [1.29, 1.82) is 0 Å². The Hall–Kier alpha value is -0.353. The second kappa shape index (κ2) is 3.87. The highest BCUT2D eigenvalue weighted by Crippen LogP contribution is 2.22. The van der Waals surface area contributed by atoms with Crippen LogP contribution in [0.15, 0.2) is 0 Å². The van der Waals surface area contributed by atoms with E-state index in [1.54, 1.807) is 7.11 Å². The predicted octanol–water partition coefficient (Wildman–Crippen LogP) is 1.40. The lowest BCUT2D eigenvalue weighted by atomic mass is 10.5. The van der Waals surface area contributed by atoms with Crippen molar-refractivity contribution in [3.8, 4) is 0 Å². The molecule has 0 aromatic heterocycles. The van der Waals surface area contributed by atoms with Gasteiger partial charge in [-0.2, -0.15) is 0 Å². The molecular formula is C7H16O3Si. The summed E-state index contributed by atoms with van der Waals surface area (Å²) < 4.78 is 9.88. The van der Waals surface area contributed by atoms with E-state index in [0.29, 0.717) is 0 Å². The zero-order chi connectivity index (χ0) is 9.07. The summed E-state index contributed by atoms with van der Waals surface area (Å²) >= 11 is 0. The molecule has 0 heterocycles. The van der Waals surface area contributed by atoms with Crippen LogP contribution in [0.25, 0.3) is 0 Å². The fourth-order valence-electron chi connectivity index (χ4n) is 0.637. The van der Waals surface area contributed by atoms with Crippen LogP contribution in [0.4, 0.5) is 0 Å². The molecule has 0 spiro atoms. The maximum Gasteiger partial charge on any atom is 0.307 e. The van der Waals surface area contributed by atoms with Gasteiger partial charge in [-0.15, -0.1) is 0 Å². The van der Waals surface area contributed by atoms with E-state index in [2.05, 4.69) is 4.74 Å². The normalized spacial score (nSPS) is 14.3. The van der Waals surface area contributed by atoms with E-state index in [9.17, 15) is 4.79 Å². The molecule has 0 N–H and O–H groups in total. The van der Waals surface area contributed by atoms with Gasteiger partial charge in [-0.1, -0.05) is 6.92 Å². The molecule has 0 radical (unpaired) electrons. The molecule has 0 bridgehead atoms. The minimum atomic E-state index is -1.84. The van der Waals surface area contributed by atoms with E-state index in [0.717, 1.165) is 0 Å². The number of hydrogen-bond acceptors (Lipinski definition) is 3. The summed E-state index contributed by atoms with van der Waals surface area (Å²) in [6.07, 6.45) is 0. The Balaban J connectivity index is 4.22. The summed E-state index contributed by atoms with van der Waals surface area (Å²) in [5.41, 5.74) is -0.0995. The van der Waals surface area contributed by atoms with E-state index in [1.807, 2.05) is 20.0 Å². The lowest BCUT2D eigenvalue weighted by Crippen LogP contribution is -2.38. The third kappa shape index (κ3) is 2.63. The first kappa shape index (κ1) is 10.6. The lowest BCUT2D eigenvalue weighted by Gasteiger charge is -2.25. The van der Waals surface area contributed by atoms with E-state index in [1.165, 1.54) is 7.11 Å². The van der Waals surface area contributed by atoms with Crippen molar-refractivity contribution in [2.45, 2.75) is 25.6 Å². The molecule has 1 atom stereocenters. The first-order chi connectivity index (χ1) is 4.95. The van der Waals surface area contributed by atoms with Crippen LogP contribution >= 0.6 is 0 Å². The van der Waals surface area contributed by atoms with Gasteiger partial charge in [0.05, 0.1) is 12.7 Å². The molecular weight excluding hydrogens is 160 g/mol. The van der Waals surface area contributed by atoms with E-state index in [-0.39, 0.29) is 11.5 Å². The molecule has 0 aliphatic carbocycles. The van der Waals surface area contributed by atoms with Crippen molar-refractivity contribution in [1.82, 2.24) is 0 Å². The van der Waals surface area contributed by atoms with Gasteiger partial charge in [-0.25, -0.2) is 0 Å². The summed E-state index contributed by atoms with van der Waals surface area (Å²) in [6.45, 7) is 5.84. The Bertz CT molecular complexity index is 145. The topological polar surface area (TPSA) is 35.5 Å². The van der Waals surface area contributed by atoms with Gasteiger partial charge in [0, 0.05) is 7.11 Å². The van der Waals surface area contributed by atoms with Crippen LogP contribution < -0.4 is 0 Å². The molecule has 4 heteroatoms. The van der Waals surface area contributed by atoms with Crippen LogP contribution in [-0.2, 0) is 14.0 Å². The first-order valence-electron chi connectivity index (χ1n) is 3.58. The van der Waals surface area contributed by atoms with Gasteiger partial charge in [0.2, 0.25) is 0 Å². The molecule has 3 nitrogen and oxygen atoms in total. The molecule has 0 aliphatic rings. The minimum absolute atomic E-state index is 0.0995. The zero-order valence-electron chi connectivity index (χ0n) is 7.80. The van der Waals surface area contributed by atoms with Gasteiger partial charge < -0.3 is 9.16 Å². The van der Waals surface area contributed by atoms with Gasteiger partial charge in [0.25, 0.3) is 0 Å². The summed E-state index contributed by atoms with van der Waals surface area (Å²) in [5, 5.41) is 0. The molecule has 0 aromatic rings. The Morgan fingerprint density at radius 3 is 2.09 bits per heavy atom. The first-order valence-corrected chi connectivity index (χ1v) is 6.57. The second-order valence-electron chi connectivity index (χ2n) is 3.05. The van der Waals surface area contributed by atoms with Gasteiger partial charge in [0.1, 0.15) is 0 Å². The third-order valence-electron chi connectivity index (χ3n) is 2.12. The molecule has 0 rings (SSSR count). The lowest BCUT2D eigenvalue weighted by molar-refractivity contribution is -0.140. The van der Waals surface area contributed by atoms with Crippen molar-refractivity contribution >= 4 is 14.3 Å².